The molecule has 0 bridgehead atoms. The standard InChI is InChI=1S/C15H12N6O4S/c22-13(17-10-1-3-12(4-2-10)21(24)25)9-26-15-19-18-14(23)20(15)11-5-7-16-8-6-11/h1-8H,9H2,(H,17,22)(H,18,23). The summed E-state index contributed by atoms with van der Waals surface area (Å²) in [5.41, 5.74) is 0.538. The van der Waals surface area contributed by atoms with Crippen LogP contribution in [0.1, 0.15) is 0 Å². The molecule has 0 aliphatic heterocycles. The molecule has 2 heterocycles. The molecular formula is C15H12N6O4S. The van der Waals surface area contributed by atoms with Crippen LogP contribution in [0.3, 0.4) is 0 Å². The number of H-pyrrole nitrogens is 1. The van der Waals surface area contributed by atoms with Gasteiger partial charge in [0.1, 0.15) is 0 Å². The first-order chi connectivity index (χ1) is 12.5. The minimum atomic E-state index is -0.516. The smallest absolute Gasteiger partial charge is 0.325 e. The molecule has 1 amide bonds. The monoisotopic (exact) mass is 372 g/mol. The highest BCUT2D eigenvalue weighted by molar-refractivity contribution is 7.99. The van der Waals surface area contributed by atoms with Gasteiger partial charge >= 0.3 is 5.69 Å². The first-order valence-electron chi connectivity index (χ1n) is 7.29. The molecule has 11 heteroatoms. The second-order valence-electron chi connectivity index (χ2n) is 4.99. The highest BCUT2D eigenvalue weighted by Crippen LogP contribution is 2.19. The van der Waals surface area contributed by atoms with Crippen molar-refractivity contribution in [2.45, 2.75) is 5.16 Å². The van der Waals surface area contributed by atoms with Crippen molar-refractivity contribution < 1.29 is 9.72 Å². The van der Waals surface area contributed by atoms with E-state index in [0.717, 1.165) is 11.8 Å². The van der Waals surface area contributed by atoms with Crippen molar-refractivity contribution in [2.75, 3.05) is 11.1 Å². The van der Waals surface area contributed by atoms with Gasteiger partial charge < -0.3 is 5.32 Å². The number of carbonyl (C=O) groups excluding carboxylic acids is 1. The third-order valence-electron chi connectivity index (χ3n) is 3.26. The molecule has 2 N–H and O–H groups in total. The van der Waals surface area contributed by atoms with Crippen LogP contribution >= 0.6 is 11.8 Å². The fraction of sp³-hybridized carbons (Fsp3) is 0.0667. The van der Waals surface area contributed by atoms with E-state index in [0.29, 0.717) is 16.5 Å². The zero-order valence-corrected chi connectivity index (χ0v) is 14.0. The maximum Gasteiger partial charge on any atom is 0.348 e. The number of hydrogen-bond acceptors (Lipinski definition) is 7. The molecule has 0 aliphatic carbocycles. The summed E-state index contributed by atoms with van der Waals surface area (Å²) in [5.74, 6) is -0.326. The van der Waals surface area contributed by atoms with Gasteiger partial charge in [0.15, 0.2) is 5.16 Å². The second kappa shape index (κ2) is 7.61. The van der Waals surface area contributed by atoms with Gasteiger partial charge in [0.25, 0.3) is 5.69 Å². The molecule has 3 aromatic rings. The average Bonchev–Trinajstić information content (AvgIpc) is 3.02. The molecule has 10 nitrogen and oxygen atoms in total. The number of benzene rings is 1. The highest BCUT2D eigenvalue weighted by atomic mass is 32.2. The highest BCUT2D eigenvalue weighted by Gasteiger charge is 2.13. The third kappa shape index (κ3) is 3.95. The van der Waals surface area contributed by atoms with Crippen LogP contribution in [0.2, 0.25) is 0 Å². The molecule has 0 spiro atoms. The van der Waals surface area contributed by atoms with Crippen molar-refractivity contribution in [1.82, 2.24) is 19.7 Å². The van der Waals surface area contributed by atoms with E-state index in [1.54, 1.807) is 24.5 Å². The molecule has 26 heavy (non-hydrogen) atoms. The molecule has 132 valence electrons. The summed E-state index contributed by atoms with van der Waals surface area (Å²) in [6.45, 7) is 0. The zero-order chi connectivity index (χ0) is 18.5. The minimum absolute atomic E-state index is 0.00631. The summed E-state index contributed by atoms with van der Waals surface area (Å²) in [6, 6.07) is 8.80. The Balaban J connectivity index is 1.65. The zero-order valence-electron chi connectivity index (χ0n) is 13.2. The molecule has 0 unspecified atom stereocenters. The molecule has 0 fully saturated rings. The van der Waals surface area contributed by atoms with Crippen molar-refractivity contribution in [3.63, 3.8) is 0 Å². The molecule has 0 aliphatic rings. The Labute approximate surface area is 150 Å². The first-order valence-corrected chi connectivity index (χ1v) is 8.28. The number of nitro benzene ring substituents is 1. The molecule has 0 atom stereocenters. The normalized spacial score (nSPS) is 10.5. The maximum absolute atomic E-state index is 12.1. The summed E-state index contributed by atoms with van der Waals surface area (Å²) in [5, 5.41) is 19.8. The summed E-state index contributed by atoms with van der Waals surface area (Å²) in [6.07, 6.45) is 3.09. The summed E-state index contributed by atoms with van der Waals surface area (Å²) < 4.78 is 1.34. The number of non-ortho nitro benzene ring substituents is 1. The van der Waals surface area contributed by atoms with Gasteiger partial charge in [-0.2, -0.15) is 0 Å². The fourth-order valence-corrected chi connectivity index (χ4v) is 2.85. The summed E-state index contributed by atoms with van der Waals surface area (Å²) in [7, 11) is 0. The number of nitrogens with zero attached hydrogens (tertiary/aromatic N) is 4. The topological polar surface area (TPSA) is 136 Å². The predicted molar refractivity (Wildman–Crippen MR) is 94.4 cm³/mol. The minimum Gasteiger partial charge on any atom is -0.325 e. The molecule has 0 saturated heterocycles. The van der Waals surface area contributed by atoms with Crippen molar-refractivity contribution in [3.05, 3.63) is 69.4 Å². The summed E-state index contributed by atoms with van der Waals surface area (Å²) in [4.78, 5) is 38.0. The molecule has 1 aromatic carbocycles. The van der Waals surface area contributed by atoms with E-state index >= 15 is 0 Å². The Morgan fingerprint density at radius 2 is 1.92 bits per heavy atom. The number of aromatic amines is 1. The van der Waals surface area contributed by atoms with Gasteiger partial charge in [0, 0.05) is 30.2 Å². The van der Waals surface area contributed by atoms with Gasteiger partial charge in [-0.15, -0.1) is 5.10 Å². The van der Waals surface area contributed by atoms with Crippen LogP contribution in [0.25, 0.3) is 5.69 Å². The molecule has 3 rings (SSSR count). The Kier molecular flexibility index (Phi) is 5.08. The van der Waals surface area contributed by atoms with Gasteiger partial charge in [-0.3, -0.25) is 19.9 Å². The van der Waals surface area contributed by atoms with Crippen LogP contribution in [-0.4, -0.2) is 36.3 Å². The number of nitro groups is 1. The van der Waals surface area contributed by atoms with Gasteiger partial charge in [0.05, 0.1) is 16.4 Å². The van der Waals surface area contributed by atoms with E-state index in [2.05, 4.69) is 20.5 Å². The summed E-state index contributed by atoms with van der Waals surface area (Å²) >= 11 is 1.08. The van der Waals surface area contributed by atoms with Crippen molar-refractivity contribution in [1.29, 1.82) is 0 Å². The number of rotatable bonds is 6. The molecule has 2 aromatic heterocycles. The van der Waals surface area contributed by atoms with Crippen LogP contribution in [0.4, 0.5) is 11.4 Å². The number of pyridine rings is 1. The van der Waals surface area contributed by atoms with Gasteiger partial charge in [0.2, 0.25) is 5.91 Å². The Hall–Kier alpha value is -3.47. The SMILES string of the molecule is O=C(CSc1n[nH]c(=O)n1-c1ccncc1)Nc1ccc([N+](=O)[O-])cc1. The van der Waals surface area contributed by atoms with Crippen LogP contribution in [0, 0.1) is 10.1 Å². The quantitative estimate of drug-likeness (QED) is 0.381. The number of thioether (sulfide) groups is 1. The van der Waals surface area contributed by atoms with Crippen LogP contribution in [-0.2, 0) is 4.79 Å². The number of anilines is 1. The van der Waals surface area contributed by atoms with Gasteiger partial charge in [-0.25, -0.2) is 14.5 Å². The van der Waals surface area contributed by atoms with Crippen LogP contribution in [0.5, 0.6) is 0 Å². The van der Waals surface area contributed by atoms with Crippen LogP contribution in [0.15, 0.2) is 58.7 Å². The number of amides is 1. The second-order valence-corrected chi connectivity index (χ2v) is 5.94. The van der Waals surface area contributed by atoms with Crippen molar-refractivity contribution in [2.24, 2.45) is 0 Å². The molecule has 0 radical (unpaired) electrons. The van der Waals surface area contributed by atoms with Gasteiger partial charge in [-0.1, -0.05) is 11.8 Å². The van der Waals surface area contributed by atoms with E-state index in [1.807, 2.05) is 0 Å². The van der Waals surface area contributed by atoms with Crippen LogP contribution < -0.4 is 11.0 Å². The Bertz CT molecular complexity index is 983. The Morgan fingerprint density at radius 1 is 1.23 bits per heavy atom. The van der Waals surface area contributed by atoms with Crippen molar-refractivity contribution in [3.8, 4) is 5.69 Å². The number of nitrogens with one attached hydrogen (secondary N) is 2. The van der Waals surface area contributed by atoms with E-state index in [1.165, 1.54) is 28.8 Å². The predicted octanol–water partition coefficient (Wildman–Crippen LogP) is 1.59. The van der Waals surface area contributed by atoms with E-state index in [4.69, 9.17) is 0 Å². The molecular weight excluding hydrogens is 360 g/mol. The Morgan fingerprint density at radius 3 is 2.58 bits per heavy atom. The van der Waals surface area contributed by atoms with E-state index in [-0.39, 0.29) is 17.3 Å². The van der Waals surface area contributed by atoms with Crippen molar-refractivity contribution >= 4 is 29.0 Å². The lowest BCUT2D eigenvalue weighted by Gasteiger charge is -2.06. The molecule has 0 saturated carbocycles. The largest absolute Gasteiger partial charge is 0.348 e. The number of hydrogen-bond donors (Lipinski definition) is 2. The third-order valence-corrected chi connectivity index (χ3v) is 4.20. The maximum atomic E-state index is 12.1. The first kappa shape index (κ1) is 17.4. The number of carbonyl (C=O) groups is 1. The van der Waals surface area contributed by atoms with E-state index < -0.39 is 10.6 Å². The average molecular weight is 372 g/mol. The number of aromatic nitrogens is 4. The van der Waals surface area contributed by atoms with E-state index in [9.17, 15) is 19.7 Å². The van der Waals surface area contributed by atoms with Gasteiger partial charge in [-0.05, 0) is 24.3 Å². The lowest BCUT2D eigenvalue weighted by molar-refractivity contribution is -0.384. The lowest BCUT2D eigenvalue weighted by Crippen LogP contribution is -2.17. The fourth-order valence-electron chi connectivity index (χ4n) is 2.09. The lowest BCUT2D eigenvalue weighted by atomic mass is 10.3.